The van der Waals surface area contributed by atoms with Gasteiger partial charge in [0.25, 0.3) is 0 Å². The molecular weight excluding hydrogens is 627 g/mol. The van der Waals surface area contributed by atoms with Crippen LogP contribution in [0, 0.1) is 0 Å². The molecule has 10 nitrogen and oxygen atoms in total. The van der Waals surface area contributed by atoms with Crippen molar-refractivity contribution in [2.75, 3.05) is 32.1 Å². The van der Waals surface area contributed by atoms with Gasteiger partial charge >= 0.3 is 12.2 Å². The van der Waals surface area contributed by atoms with E-state index in [1.54, 1.807) is 0 Å². The van der Waals surface area contributed by atoms with Crippen molar-refractivity contribution in [3.8, 4) is 0 Å². The van der Waals surface area contributed by atoms with Crippen LogP contribution in [0.25, 0.3) is 0 Å². The van der Waals surface area contributed by atoms with Gasteiger partial charge < -0.3 is 34.5 Å². The lowest BCUT2D eigenvalue weighted by Gasteiger charge is -2.40. The number of carboxylic acid groups (broad SMARTS) is 1. The van der Waals surface area contributed by atoms with E-state index < -0.39 is 38.4 Å². The zero-order valence-corrected chi connectivity index (χ0v) is 29.8. The molecule has 1 unspecified atom stereocenters. The van der Waals surface area contributed by atoms with E-state index in [0.717, 1.165) is 16.7 Å². The van der Waals surface area contributed by atoms with Crippen LogP contribution in [0.5, 0.6) is 0 Å². The normalized spacial score (nSPS) is 17.4. The molecule has 1 saturated heterocycles. The maximum atomic E-state index is 14.1. The number of alkyl carbamates (subject to hydrolysis) is 1. The van der Waals surface area contributed by atoms with Crippen molar-refractivity contribution < 1.29 is 33.4 Å². The van der Waals surface area contributed by atoms with Gasteiger partial charge in [0.05, 0.1) is 39.0 Å². The highest BCUT2D eigenvalue weighted by Gasteiger charge is 2.39. The second-order valence-corrected chi connectivity index (χ2v) is 18.5. The number of para-hydroxylation sites is 1. The first-order valence-electron chi connectivity index (χ1n) is 16.4. The fraction of sp³-hybridized carbons (Fsp3) is 0.432. The molecule has 48 heavy (non-hydrogen) atoms. The van der Waals surface area contributed by atoms with Crippen molar-refractivity contribution in [1.82, 2.24) is 10.2 Å². The number of methoxy groups -OCH3 is 1. The van der Waals surface area contributed by atoms with Crippen LogP contribution in [-0.4, -0.2) is 81.5 Å². The highest BCUT2D eigenvalue weighted by molar-refractivity contribution is 6.74. The van der Waals surface area contributed by atoms with Gasteiger partial charge in [-0.3, -0.25) is 4.79 Å². The molecule has 3 atom stereocenters. The minimum atomic E-state index is -2.05. The largest absolute Gasteiger partial charge is 0.465 e. The second kappa shape index (κ2) is 16.3. The van der Waals surface area contributed by atoms with Crippen molar-refractivity contribution in [1.29, 1.82) is 0 Å². The predicted octanol–water partition coefficient (Wildman–Crippen LogP) is 6.88. The molecule has 0 saturated carbocycles. The van der Waals surface area contributed by atoms with Gasteiger partial charge in [0.2, 0.25) is 5.91 Å². The molecule has 0 aromatic heterocycles. The highest BCUT2D eigenvalue weighted by Crippen LogP contribution is 2.37. The molecule has 0 radical (unpaired) electrons. The molecule has 0 aliphatic carbocycles. The van der Waals surface area contributed by atoms with E-state index in [1.165, 1.54) is 12.0 Å². The number of ether oxygens (including phenoxy) is 2. The van der Waals surface area contributed by atoms with E-state index in [4.69, 9.17) is 13.9 Å². The Kier molecular flexibility index (Phi) is 12.4. The van der Waals surface area contributed by atoms with Gasteiger partial charge in [0, 0.05) is 11.6 Å². The minimum Gasteiger partial charge on any atom is -0.465 e. The molecule has 3 N–H and O–H groups in total. The van der Waals surface area contributed by atoms with Crippen molar-refractivity contribution in [2.45, 2.75) is 75.9 Å². The molecule has 3 amide bonds. The Balaban J connectivity index is 1.52. The van der Waals surface area contributed by atoms with Crippen LogP contribution >= 0.6 is 0 Å². The second-order valence-electron chi connectivity index (χ2n) is 13.7. The Hall–Kier alpha value is -4.19. The number of anilines is 1. The number of hydrogen-bond donors (Lipinski definition) is 3. The Morgan fingerprint density at radius 2 is 1.48 bits per heavy atom. The molecule has 1 heterocycles. The number of carbonyl (C=O) groups excluding carboxylic acids is 2. The molecule has 11 heteroatoms. The average molecular weight is 676 g/mol. The number of benzene rings is 3. The summed E-state index contributed by atoms with van der Waals surface area (Å²) in [6.07, 6.45) is -1.36. The minimum absolute atomic E-state index is 0.0231. The number of carbonyl (C=O) groups is 3. The number of morpholine rings is 1. The molecule has 3 aromatic rings. The highest BCUT2D eigenvalue weighted by atomic mass is 28.4. The van der Waals surface area contributed by atoms with Crippen molar-refractivity contribution in [3.63, 3.8) is 0 Å². The fourth-order valence-electron chi connectivity index (χ4n) is 5.62. The molecule has 1 fully saturated rings. The van der Waals surface area contributed by atoms with E-state index in [0.29, 0.717) is 25.1 Å². The summed E-state index contributed by atoms with van der Waals surface area (Å²) in [5.41, 5.74) is 3.18. The number of amides is 3. The van der Waals surface area contributed by atoms with Gasteiger partial charge in [-0.2, -0.15) is 0 Å². The molecular formula is C37H49N3O7Si. The van der Waals surface area contributed by atoms with Gasteiger partial charge in [-0.15, -0.1) is 0 Å². The average Bonchev–Trinajstić information content (AvgIpc) is 3.07. The monoisotopic (exact) mass is 675 g/mol. The fourth-order valence-corrected chi connectivity index (χ4v) is 6.66. The first-order chi connectivity index (χ1) is 22.8. The number of nitrogens with zero attached hydrogens (tertiary/aromatic N) is 1. The summed E-state index contributed by atoms with van der Waals surface area (Å²) in [6, 6.07) is 25.6. The lowest BCUT2D eigenvalue weighted by atomic mass is 9.84. The van der Waals surface area contributed by atoms with E-state index in [1.807, 2.05) is 84.9 Å². The summed E-state index contributed by atoms with van der Waals surface area (Å²) in [4.78, 5) is 40.1. The molecule has 0 bridgehead atoms. The van der Waals surface area contributed by atoms with Crippen LogP contribution in [0.4, 0.5) is 15.3 Å². The van der Waals surface area contributed by atoms with Crippen LogP contribution in [0.1, 0.15) is 49.8 Å². The van der Waals surface area contributed by atoms with Crippen LogP contribution in [0.2, 0.25) is 18.1 Å². The zero-order valence-electron chi connectivity index (χ0n) is 28.8. The van der Waals surface area contributed by atoms with Gasteiger partial charge in [-0.25, -0.2) is 9.59 Å². The third-order valence-electron chi connectivity index (χ3n) is 9.34. The summed E-state index contributed by atoms with van der Waals surface area (Å²) in [6.45, 7) is 11.7. The van der Waals surface area contributed by atoms with Crippen molar-refractivity contribution in [3.05, 3.63) is 102 Å². The van der Waals surface area contributed by atoms with Crippen LogP contribution in [0.15, 0.2) is 84.9 Å². The number of rotatable bonds is 12. The standard InChI is InChI=1S/C37H49N3O7Si/c1-37(2,3)48(5,6)46-25-30-24-40(36(43)44)23-29(47-30)22-21-26-15-13-14-20-31(26)38-34(41)33(39-35(42)45-4)32(27-16-9-7-10-17-27)28-18-11-8-12-19-28/h7-20,29-30,32-33H,21-25H2,1-6H3,(H,38,41)(H,39,42)(H,43,44)/t29-,30+,33?/m1/s1. The SMILES string of the molecule is COC(=O)NC(C(=O)Nc1ccccc1CC[C@@H]1CN(C(=O)O)C[C@@H](CO[Si](C)(C)C(C)(C)C)O1)C(c1ccccc1)c1ccccc1. The Labute approximate surface area is 284 Å². The summed E-state index contributed by atoms with van der Waals surface area (Å²) < 4.78 is 17.7. The zero-order chi connectivity index (χ0) is 34.9. The van der Waals surface area contributed by atoms with Gasteiger partial charge in [-0.05, 0) is 53.7 Å². The van der Waals surface area contributed by atoms with E-state index in [-0.39, 0.29) is 30.3 Å². The van der Waals surface area contributed by atoms with Gasteiger partial charge in [0.15, 0.2) is 8.32 Å². The summed E-state index contributed by atoms with van der Waals surface area (Å²) in [5, 5.41) is 15.7. The predicted molar refractivity (Wildman–Crippen MR) is 189 cm³/mol. The maximum absolute atomic E-state index is 14.1. The van der Waals surface area contributed by atoms with Crippen LogP contribution in [0.3, 0.4) is 0 Å². The number of aryl methyl sites for hydroxylation is 1. The summed E-state index contributed by atoms with van der Waals surface area (Å²) in [5.74, 6) is -0.902. The van der Waals surface area contributed by atoms with Crippen LogP contribution in [-0.2, 0) is 25.1 Å². The van der Waals surface area contributed by atoms with E-state index >= 15 is 0 Å². The molecule has 1 aliphatic rings. The van der Waals surface area contributed by atoms with Gasteiger partial charge in [0.1, 0.15) is 6.04 Å². The molecule has 0 spiro atoms. The summed E-state index contributed by atoms with van der Waals surface area (Å²) in [7, 11) is -0.782. The third-order valence-corrected chi connectivity index (χ3v) is 13.8. The lowest BCUT2D eigenvalue weighted by molar-refractivity contribution is -0.118. The number of nitrogens with one attached hydrogen (secondary N) is 2. The number of hydrogen-bond acceptors (Lipinski definition) is 6. The van der Waals surface area contributed by atoms with E-state index in [2.05, 4.69) is 44.5 Å². The molecule has 4 rings (SSSR count). The quantitative estimate of drug-likeness (QED) is 0.179. The molecule has 258 valence electrons. The first kappa shape index (κ1) is 36.6. The molecule has 3 aromatic carbocycles. The maximum Gasteiger partial charge on any atom is 0.407 e. The Morgan fingerprint density at radius 3 is 2.04 bits per heavy atom. The lowest BCUT2D eigenvalue weighted by Crippen LogP contribution is -2.53. The smallest absolute Gasteiger partial charge is 0.407 e. The third kappa shape index (κ3) is 9.68. The van der Waals surface area contributed by atoms with Crippen molar-refractivity contribution in [2.24, 2.45) is 0 Å². The molecule has 1 aliphatic heterocycles. The Bertz CT molecular complexity index is 1470. The van der Waals surface area contributed by atoms with Gasteiger partial charge in [-0.1, -0.05) is 99.6 Å². The topological polar surface area (TPSA) is 126 Å². The van der Waals surface area contributed by atoms with E-state index in [9.17, 15) is 19.5 Å². The first-order valence-corrected chi connectivity index (χ1v) is 19.3. The van der Waals surface area contributed by atoms with Crippen molar-refractivity contribution >= 4 is 32.1 Å². The summed E-state index contributed by atoms with van der Waals surface area (Å²) >= 11 is 0. The van der Waals surface area contributed by atoms with Crippen LogP contribution < -0.4 is 10.6 Å². The Morgan fingerprint density at radius 1 is 0.917 bits per heavy atom.